The number of carbonyl (C=O) groups excluding carboxylic acids is 1. The molecule has 5 rings (SSSR count). The topological polar surface area (TPSA) is 102 Å². The zero-order valence-electron chi connectivity index (χ0n) is 17.0. The molecule has 31 heavy (non-hydrogen) atoms. The molecule has 1 aromatic carbocycles. The first kappa shape index (κ1) is 19.2. The summed E-state index contributed by atoms with van der Waals surface area (Å²) < 4.78 is 6.76. The first-order valence-corrected chi connectivity index (χ1v) is 10.5. The Balaban J connectivity index is 1.81. The van der Waals surface area contributed by atoms with E-state index < -0.39 is 5.97 Å². The van der Waals surface area contributed by atoms with E-state index in [0.29, 0.717) is 15.9 Å². The molecule has 0 saturated heterocycles. The van der Waals surface area contributed by atoms with Crippen LogP contribution in [0.25, 0.3) is 20.4 Å². The van der Waals surface area contributed by atoms with Gasteiger partial charge in [-0.15, -0.1) is 16.4 Å². The summed E-state index contributed by atoms with van der Waals surface area (Å²) in [6.45, 7) is 5.78. The van der Waals surface area contributed by atoms with Crippen molar-refractivity contribution in [3.05, 3.63) is 58.0 Å². The van der Waals surface area contributed by atoms with Gasteiger partial charge in [0.25, 0.3) is 17.3 Å². The number of hydrazone groups is 1. The molecule has 4 heterocycles. The summed E-state index contributed by atoms with van der Waals surface area (Å²) in [6, 6.07) is 11.2. The van der Waals surface area contributed by atoms with Crippen molar-refractivity contribution < 1.29 is 9.53 Å². The first-order chi connectivity index (χ1) is 15.0. The van der Waals surface area contributed by atoms with E-state index >= 15 is 0 Å². The number of amidine groups is 1. The molecule has 0 radical (unpaired) electrons. The van der Waals surface area contributed by atoms with Gasteiger partial charge in [-0.05, 0) is 44.5 Å². The number of pyridine rings is 1. The Morgan fingerprint density at radius 2 is 1.97 bits per heavy atom. The van der Waals surface area contributed by atoms with Gasteiger partial charge in [-0.3, -0.25) is 10.2 Å². The van der Waals surface area contributed by atoms with Gasteiger partial charge in [0.15, 0.2) is 0 Å². The predicted molar refractivity (Wildman–Crippen MR) is 121 cm³/mol. The summed E-state index contributed by atoms with van der Waals surface area (Å²) in [5.74, 6) is -0.519. The zero-order chi connectivity index (χ0) is 21.7. The fourth-order valence-electron chi connectivity index (χ4n) is 3.56. The number of nitrogens with zero attached hydrogens (tertiary/aromatic N) is 5. The Kier molecular flexibility index (Phi) is 4.44. The lowest BCUT2D eigenvalue weighted by molar-refractivity contribution is -0.135. The van der Waals surface area contributed by atoms with Crippen LogP contribution in [0.4, 0.5) is 11.6 Å². The molecule has 0 saturated carbocycles. The number of aromatic nitrogens is 3. The summed E-state index contributed by atoms with van der Waals surface area (Å²) in [6.07, 6.45) is 0. The van der Waals surface area contributed by atoms with Crippen LogP contribution in [0, 0.1) is 13.8 Å². The molecule has 1 aliphatic heterocycles. The van der Waals surface area contributed by atoms with E-state index in [4.69, 9.17) is 9.72 Å². The third-order valence-corrected chi connectivity index (χ3v) is 5.91. The average Bonchev–Trinajstić information content (AvgIpc) is 3.13. The standard InChI is InChI=1S/C21H18N6O3S/c1-4-30-20(29)17-24-26(13-8-6-5-7-9-13)21-23-15-14-11(2)10-12(3)22-18(14)31-16(15)19(28)27(21)25-17/h5-10H,4H2,1-3H3,(H,24,25). The number of rotatable bonds is 3. The van der Waals surface area contributed by atoms with Crippen LogP contribution in [-0.2, 0) is 9.53 Å². The first-order valence-electron chi connectivity index (χ1n) is 9.69. The Labute approximate surface area is 180 Å². The molecular weight excluding hydrogens is 416 g/mol. The summed E-state index contributed by atoms with van der Waals surface area (Å²) in [5, 5.41) is 6.70. The second kappa shape index (κ2) is 7.17. The lowest BCUT2D eigenvalue weighted by atomic mass is 10.1. The van der Waals surface area contributed by atoms with Crippen molar-refractivity contribution in [2.24, 2.45) is 5.10 Å². The highest BCUT2D eigenvalue weighted by molar-refractivity contribution is 7.25. The largest absolute Gasteiger partial charge is 0.460 e. The molecule has 0 aliphatic carbocycles. The summed E-state index contributed by atoms with van der Waals surface area (Å²) >= 11 is 1.28. The Bertz CT molecular complexity index is 1440. The van der Waals surface area contributed by atoms with Crippen LogP contribution in [-0.4, -0.2) is 33.1 Å². The number of para-hydroxylation sites is 1. The van der Waals surface area contributed by atoms with E-state index in [2.05, 4.69) is 15.5 Å². The van der Waals surface area contributed by atoms with E-state index in [1.807, 2.05) is 50.2 Å². The highest BCUT2D eigenvalue weighted by Gasteiger charge is 2.29. The number of hydrogen-bond acceptors (Lipinski definition) is 9. The van der Waals surface area contributed by atoms with Crippen LogP contribution in [0.2, 0.25) is 0 Å². The van der Waals surface area contributed by atoms with E-state index in [9.17, 15) is 9.59 Å². The fourth-order valence-corrected chi connectivity index (χ4v) is 4.73. The number of fused-ring (bicyclic) bond motifs is 4. The maximum absolute atomic E-state index is 13.5. The third kappa shape index (κ3) is 3.03. The van der Waals surface area contributed by atoms with Crippen LogP contribution in [0.3, 0.4) is 0 Å². The van der Waals surface area contributed by atoms with Gasteiger partial charge >= 0.3 is 5.97 Å². The van der Waals surface area contributed by atoms with Crippen molar-refractivity contribution in [3.63, 3.8) is 0 Å². The quantitative estimate of drug-likeness (QED) is 0.494. The molecule has 156 valence electrons. The number of thiophene rings is 1. The lowest BCUT2D eigenvalue weighted by Gasteiger charge is -2.27. The second-order valence-corrected chi connectivity index (χ2v) is 8.02. The van der Waals surface area contributed by atoms with Gasteiger partial charge in [0.1, 0.15) is 15.0 Å². The van der Waals surface area contributed by atoms with E-state index in [1.54, 1.807) is 6.92 Å². The van der Waals surface area contributed by atoms with E-state index in [-0.39, 0.29) is 24.0 Å². The second-order valence-electron chi connectivity index (χ2n) is 7.02. The SMILES string of the molecule is CCOC(=O)C1=NN(c2ccccc2)c2nc3c(sc4nc(C)cc(C)c43)c(=O)n2N1. The van der Waals surface area contributed by atoms with Crippen LogP contribution >= 0.6 is 11.3 Å². The predicted octanol–water partition coefficient (Wildman–Crippen LogP) is 3.19. The normalized spacial score (nSPS) is 13.1. The zero-order valence-corrected chi connectivity index (χ0v) is 17.9. The van der Waals surface area contributed by atoms with Crippen LogP contribution in [0.15, 0.2) is 46.3 Å². The molecule has 0 amide bonds. The molecule has 0 spiro atoms. The maximum Gasteiger partial charge on any atom is 0.377 e. The molecule has 9 nitrogen and oxygen atoms in total. The number of nitrogens with one attached hydrogen (secondary N) is 1. The number of benzene rings is 1. The van der Waals surface area contributed by atoms with Crippen molar-refractivity contribution in [2.45, 2.75) is 20.8 Å². The molecule has 4 aromatic rings. The van der Waals surface area contributed by atoms with Gasteiger partial charge < -0.3 is 4.74 Å². The van der Waals surface area contributed by atoms with E-state index in [1.165, 1.54) is 21.0 Å². The van der Waals surface area contributed by atoms with Gasteiger partial charge in [-0.2, -0.15) is 9.69 Å². The van der Waals surface area contributed by atoms with Crippen LogP contribution in [0.1, 0.15) is 18.2 Å². The smallest absolute Gasteiger partial charge is 0.377 e. The number of esters is 1. The molecule has 1 N–H and O–H groups in total. The van der Waals surface area contributed by atoms with Crippen molar-refractivity contribution in [3.8, 4) is 0 Å². The number of ether oxygens (including phenoxy) is 1. The Morgan fingerprint density at radius 1 is 1.19 bits per heavy atom. The Morgan fingerprint density at radius 3 is 2.71 bits per heavy atom. The van der Waals surface area contributed by atoms with Gasteiger partial charge in [-0.25, -0.2) is 14.8 Å². The summed E-state index contributed by atoms with van der Waals surface area (Å²) in [7, 11) is 0. The van der Waals surface area contributed by atoms with Crippen LogP contribution < -0.4 is 16.0 Å². The number of anilines is 2. The third-order valence-electron chi connectivity index (χ3n) is 4.85. The molecule has 0 fully saturated rings. The number of aryl methyl sites for hydroxylation is 2. The molecule has 0 bridgehead atoms. The molecule has 1 aliphatic rings. The van der Waals surface area contributed by atoms with Gasteiger partial charge in [0.05, 0.1) is 12.3 Å². The lowest BCUT2D eigenvalue weighted by Crippen LogP contribution is -2.45. The summed E-state index contributed by atoms with van der Waals surface area (Å²) in [5.41, 5.74) is 5.53. The maximum atomic E-state index is 13.5. The average molecular weight is 434 g/mol. The van der Waals surface area contributed by atoms with Crippen molar-refractivity contribution in [1.82, 2.24) is 14.6 Å². The minimum Gasteiger partial charge on any atom is -0.460 e. The molecule has 0 unspecified atom stereocenters. The van der Waals surface area contributed by atoms with Crippen molar-refractivity contribution in [1.29, 1.82) is 0 Å². The van der Waals surface area contributed by atoms with Gasteiger partial charge in [0, 0.05) is 11.1 Å². The fraction of sp³-hybridized carbons (Fsp3) is 0.190. The highest BCUT2D eigenvalue weighted by Crippen LogP contribution is 2.34. The minimum atomic E-state index is -0.662. The van der Waals surface area contributed by atoms with Gasteiger partial charge in [0.2, 0.25) is 0 Å². The number of carbonyl (C=O) groups is 1. The van der Waals surface area contributed by atoms with Crippen LogP contribution in [0.5, 0.6) is 0 Å². The van der Waals surface area contributed by atoms with Crippen molar-refractivity contribution in [2.75, 3.05) is 17.0 Å². The number of hydrogen-bond donors (Lipinski definition) is 1. The molecule has 0 atom stereocenters. The highest BCUT2D eigenvalue weighted by atomic mass is 32.1. The molecule has 10 heteroatoms. The summed E-state index contributed by atoms with van der Waals surface area (Å²) in [4.78, 5) is 36.0. The van der Waals surface area contributed by atoms with E-state index in [0.717, 1.165) is 21.5 Å². The van der Waals surface area contributed by atoms with Crippen molar-refractivity contribution >= 4 is 55.2 Å². The minimum absolute atomic E-state index is 0.104. The molecular formula is C21H18N6O3S. The molecule has 3 aromatic heterocycles. The Hall–Kier alpha value is -3.79. The monoisotopic (exact) mass is 434 g/mol. The van der Waals surface area contributed by atoms with Gasteiger partial charge in [-0.1, -0.05) is 18.2 Å².